The van der Waals surface area contributed by atoms with E-state index in [1.165, 1.54) is 6.07 Å². The molecule has 0 aliphatic rings. The van der Waals surface area contributed by atoms with Crippen LogP contribution >= 0.6 is 15.9 Å². The van der Waals surface area contributed by atoms with Gasteiger partial charge in [-0.1, -0.05) is 15.9 Å². The van der Waals surface area contributed by atoms with E-state index < -0.39 is 10.0 Å². The van der Waals surface area contributed by atoms with Crippen LogP contribution in [0.1, 0.15) is 19.4 Å². The first kappa shape index (κ1) is 18.6. The topological polar surface area (TPSA) is 64.6 Å². The minimum absolute atomic E-state index is 0.0882. The summed E-state index contributed by atoms with van der Waals surface area (Å²) in [5.74, 6) is 1.05. The lowest BCUT2D eigenvalue weighted by molar-refractivity contribution is 0.331. The molecule has 0 bridgehead atoms. The van der Waals surface area contributed by atoms with Crippen molar-refractivity contribution in [2.45, 2.75) is 25.7 Å². The molecule has 2 aromatic carbocycles. The van der Waals surface area contributed by atoms with E-state index in [0.29, 0.717) is 29.1 Å². The first-order valence-electron chi connectivity index (χ1n) is 7.56. The molecule has 0 amide bonds. The number of nitrogens with one attached hydrogen (secondary N) is 1. The second-order valence-electron chi connectivity index (χ2n) is 5.04. The molecule has 2 rings (SSSR count). The largest absolute Gasteiger partial charge is 0.494 e. The van der Waals surface area contributed by atoms with E-state index in [4.69, 9.17) is 9.47 Å². The van der Waals surface area contributed by atoms with Gasteiger partial charge in [0.05, 0.1) is 13.2 Å². The van der Waals surface area contributed by atoms with Crippen LogP contribution in [0.3, 0.4) is 0 Å². The fourth-order valence-corrected chi connectivity index (χ4v) is 3.94. The molecule has 0 saturated carbocycles. The molecule has 0 atom stereocenters. The first-order chi connectivity index (χ1) is 11.4. The molecule has 0 aliphatic heterocycles. The number of hydrogen-bond acceptors (Lipinski definition) is 4. The molecule has 24 heavy (non-hydrogen) atoms. The van der Waals surface area contributed by atoms with Gasteiger partial charge in [-0.3, -0.25) is 4.72 Å². The van der Waals surface area contributed by atoms with Crippen molar-refractivity contribution in [1.82, 2.24) is 0 Å². The van der Waals surface area contributed by atoms with Gasteiger partial charge in [0.2, 0.25) is 0 Å². The van der Waals surface area contributed by atoms with E-state index in [1.54, 1.807) is 30.3 Å². The standard InChI is InChI=1S/C17H20BrNO4S/c1-4-22-15-9-7-14(10-12(15)3)19-24(20,21)17-11-13(18)6-8-16(17)23-5-2/h6-11,19H,4-5H2,1-3H3. The number of benzene rings is 2. The molecule has 0 aromatic heterocycles. The van der Waals surface area contributed by atoms with Gasteiger partial charge in [-0.25, -0.2) is 8.42 Å². The fraction of sp³-hybridized carbons (Fsp3) is 0.294. The molecule has 130 valence electrons. The molecule has 1 N–H and O–H groups in total. The predicted molar refractivity (Wildman–Crippen MR) is 98.5 cm³/mol. The van der Waals surface area contributed by atoms with Crippen molar-refractivity contribution in [3.05, 3.63) is 46.4 Å². The lowest BCUT2D eigenvalue weighted by Crippen LogP contribution is -2.14. The number of sulfonamides is 1. The van der Waals surface area contributed by atoms with Gasteiger partial charge in [0.25, 0.3) is 10.0 Å². The SMILES string of the molecule is CCOc1ccc(NS(=O)(=O)c2cc(Br)ccc2OCC)cc1C. The van der Waals surface area contributed by atoms with Gasteiger partial charge in [-0.15, -0.1) is 0 Å². The summed E-state index contributed by atoms with van der Waals surface area (Å²) in [7, 11) is -3.78. The van der Waals surface area contributed by atoms with E-state index in [1.807, 2.05) is 20.8 Å². The second-order valence-corrected chi connectivity index (χ2v) is 7.61. The molecule has 2 aromatic rings. The Morgan fingerprint density at radius 2 is 1.62 bits per heavy atom. The highest BCUT2D eigenvalue weighted by Gasteiger charge is 2.20. The van der Waals surface area contributed by atoms with E-state index in [-0.39, 0.29) is 4.90 Å². The van der Waals surface area contributed by atoms with Gasteiger partial charge in [0.1, 0.15) is 16.4 Å². The van der Waals surface area contributed by atoms with Crippen LogP contribution in [0, 0.1) is 6.92 Å². The Bertz CT molecular complexity index is 821. The summed E-state index contributed by atoms with van der Waals surface area (Å²) in [6, 6.07) is 10.1. The number of rotatable bonds is 7. The minimum Gasteiger partial charge on any atom is -0.494 e. The van der Waals surface area contributed by atoms with Gasteiger partial charge < -0.3 is 9.47 Å². The van der Waals surface area contributed by atoms with Gasteiger partial charge in [-0.05, 0) is 62.7 Å². The summed E-state index contributed by atoms with van der Waals surface area (Å²) < 4.78 is 39.6. The van der Waals surface area contributed by atoms with Crippen LogP contribution in [0.25, 0.3) is 0 Å². The van der Waals surface area contributed by atoms with Crippen LogP contribution < -0.4 is 14.2 Å². The zero-order valence-electron chi connectivity index (χ0n) is 13.8. The van der Waals surface area contributed by atoms with Crippen LogP contribution in [0.4, 0.5) is 5.69 Å². The Hall–Kier alpha value is -1.73. The lowest BCUT2D eigenvalue weighted by Gasteiger charge is -2.14. The maximum atomic E-state index is 12.7. The summed E-state index contributed by atoms with van der Waals surface area (Å²) in [6.45, 7) is 6.52. The number of ether oxygens (including phenoxy) is 2. The quantitative estimate of drug-likeness (QED) is 0.732. The van der Waals surface area contributed by atoms with Gasteiger partial charge in [0.15, 0.2) is 0 Å². The van der Waals surface area contributed by atoms with E-state index in [9.17, 15) is 8.42 Å². The summed E-state index contributed by atoms with van der Waals surface area (Å²) in [6.07, 6.45) is 0. The Labute approximate surface area is 151 Å². The Kier molecular flexibility index (Phi) is 6.12. The molecular weight excluding hydrogens is 394 g/mol. The molecule has 0 radical (unpaired) electrons. The normalized spacial score (nSPS) is 11.2. The summed E-state index contributed by atoms with van der Waals surface area (Å²) >= 11 is 3.30. The van der Waals surface area contributed by atoms with Crippen molar-refractivity contribution in [3.8, 4) is 11.5 Å². The highest BCUT2D eigenvalue weighted by Crippen LogP contribution is 2.30. The van der Waals surface area contributed by atoms with Crippen molar-refractivity contribution < 1.29 is 17.9 Å². The van der Waals surface area contributed by atoms with Gasteiger partial charge in [-0.2, -0.15) is 0 Å². The molecule has 7 heteroatoms. The number of halogens is 1. The van der Waals surface area contributed by atoms with Crippen LogP contribution in [-0.4, -0.2) is 21.6 Å². The zero-order valence-corrected chi connectivity index (χ0v) is 16.2. The molecule has 0 aliphatic carbocycles. The second kappa shape index (κ2) is 7.90. The van der Waals surface area contributed by atoms with E-state index in [2.05, 4.69) is 20.7 Å². The smallest absolute Gasteiger partial charge is 0.265 e. The number of aryl methyl sites for hydroxylation is 1. The Balaban J connectivity index is 2.35. The maximum absolute atomic E-state index is 12.7. The molecule has 0 heterocycles. The number of hydrogen-bond donors (Lipinski definition) is 1. The average Bonchev–Trinajstić information content (AvgIpc) is 2.52. The molecule has 5 nitrogen and oxygen atoms in total. The molecule has 0 fully saturated rings. The summed E-state index contributed by atoms with van der Waals surface area (Å²) in [5, 5.41) is 0. The van der Waals surface area contributed by atoms with Crippen molar-refractivity contribution in [1.29, 1.82) is 0 Å². The third-order valence-electron chi connectivity index (χ3n) is 3.22. The molecule has 0 unspecified atom stereocenters. The van der Waals surface area contributed by atoms with Gasteiger partial charge in [0, 0.05) is 10.2 Å². The molecule has 0 spiro atoms. The van der Waals surface area contributed by atoms with Crippen LogP contribution in [0.5, 0.6) is 11.5 Å². The monoisotopic (exact) mass is 413 g/mol. The zero-order chi connectivity index (χ0) is 17.7. The van der Waals surface area contributed by atoms with Crippen LogP contribution in [0.2, 0.25) is 0 Å². The van der Waals surface area contributed by atoms with Crippen molar-refractivity contribution in [2.24, 2.45) is 0 Å². The van der Waals surface area contributed by atoms with Gasteiger partial charge >= 0.3 is 0 Å². The molecular formula is C17H20BrNO4S. The third kappa shape index (κ3) is 4.42. The lowest BCUT2D eigenvalue weighted by atomic mass is 10.2. The Morgan fingerprint density at radius 3 is 2.25 bits per heavy atom. The number of anilines is 1. The minimum atomic E-state index is -3.78. The van der Waals surface area contributed by atoms with Crippen molar-refractivity contribution >= 4 is 31.6 Å². The Morgan fingerprint density at radius 1 is 1.00 bits per heavy atom. The fourth-order valence-electron chi connectivity index (χ4n) is 2.21. The maximum Gasteiger partial charge on any atom is 0.265 e. The first-order valence-corrected chi connectivity index (χ1v) is 9.83. The summed E-state index contributed by atoms with van der Waals surface area (Å²) in [4.78, 5) is 0.0882. The highest BCUT2D eigenvalue weighted by molar-refractivity contribution is 9.10. The van der Waals surface area contributed by atoms with E-state index >= 15 is 0 Å². The average molecular weight is 414 g/mol. The van der Waals surface area contributed by atoms with E-state index in [0.717, 1.165) is 11.3 Å². The highest BCUT2D eigenvalue weighted by atomic mass is 79.9. The summed E-state index contributed by atoms with van der Waals surface area (Å²) in [5.41, 5.74) is 1.33. The van der Waals surface area contributed by atoms with Crippen LogP contribution in [0.15, 0.2) is 45.8 Å². The van der Waals surface area contributed by atoms with Crippen molar-refractivity contribution in [3.63, 3.8) is 0 Å². The predicted octanol–water partition coefficient (Wildman–Crippen LogP) is 4.36. The third-order valence-corrected chi connectivity index (χ3v) is 5.12. The molecule has 0 saturated heterocycles. The van der Waals surface area contributed by atoms with Crippen molar-refractivity contribution in [2.75, 3.05) is 17.9 Å². The van der Waals surface area contributed by atoms with Crippen LogP contribution in [-0.2, 0) is 10.0 Å².